The van der Waals surface area contributed by atoms with E-state index >= 15 is 0 Å². The highest BCUT2D eigenvalue weighted by Gasteiger charge is 2.17. The zero-order valence-corrected chi connectivity index (χ0v) is 64.3. The van der Waals surface area contributed by atoms with Crippen LogP contribution in [0.4, 0.5) is 5.69 Å². The number of anilines is 1. The standard InChI is InChI=1S/C34H69NO.C26H45NO.C24H49NO/c1-7-8-9-10-11-12-13-14-15-16-17-18-28-35-34(36)29-33(6)27-21-26-32(5)25-20-24-31(4)23-19-22-30(2)3;1-21(2)12-9-13-22(3)14-10-15-23(4)16-11-17-24(5)20-26(28)27-25-18-7-6-8-19-25;1-8-25(9-2)24(26)19-23(7)18-12-17-22(6)16-11-15-21(5)14-10-13-20(3)4/h30-33H,7-29H2,1-6H3,(H,35,36);6-8,18-19,21-24H,9-17,20H2,1-5H3,(H,27,28);20-23H,8-19H2,1-7H3. The fraction of sp³-hybridized carbons (Fsp3) is 0.893. The quantitative estimate of drug-likeness (QED) is 0.0638. The molecule has 0 saturated heterocycles. The zero-order valence-electron chi connectivity index (χ0n) is 64.3. The van der Waals surface area contributed by atoms with Crippen LogP contribution in [0.25, 0.3) is 0 Å². The second-order valence-electron chi connectivity index (χ2n) is 31.8. The molecule has 0 spiro atoms. The Bertz CT molecular complexity index is 1690. The van der Waals surface area contributed by atoms with Crippen LogP contribution in [0.5, 0.6) is 0 Å². The fourth-order valence-electron chi connectivity index (χ4n) is 13.3. The number of amides is 3. The first-order chi connectivity index (χ1) is 43.0. The molecule has 9 atom stereocenters. The Morgan fingerprint density at radius 3 is 0.878 bits per heavy atom. The van der Waals surface area contributed by atoms with E-state index in [2.05, 4.69) is 135 Å². The molecule has 0 saturated carbocycles. The van der Waals surface area contributed by atoms with Gasteiger partial charge in [0.15, 0.2) is 0 Å². The molecular formula is C84H163N3O3. The number of hydrogen-bond acceptors (Lipinski definition) is 3. The molecule has 532 valence electrons. The van der Waals surface area contributed by atoms with Crippen LogP contribution in [-0.4, -0.2) is 42.3 Å². The summed E-state index contributed by atoms with van der Waals surface area (Å²) in [5.74, 6) is 9.94. The molecule has 0 aliphatic heterocycles. The van der Waals surface area contributed by atoms with Crippen LogP contribution in [-0.2, 0) is 14.4 Å². The van der Waals surface area contributed by atoms with Gasteiger partial charge in [-0.1, -0.05) is 373 Å². The van der Waals surface area contributed by atoms with Crippen LogP contribution in [0.3, 0.4) is 0 Å². The maximum absolute atomic E-state index is 12.3. The van der Waals surface area contributed by atoms with E-state index in [9.17, 15) is 14.4 Å². The van der Waals surface area contributed by atoms with Gasteiger partial charge in [0.25, 0.3) is 0 Å². The Hall–Kier alpha value is -2.37. The summed E-state index contributed by atoms with van der Waals surface area (Å²) in [6.07, 6.45) is 54.8. The third kappa shape index (κ3) is 63.0. The summed E-state index contributed by atoms with van der Waals surface area (Å²) < 4.78 is 0. The second-order valence-corrected chi connectivity index (χ2v) is 31.8. The summed E-state index contributed by atoms with van der Waals surface area (Å²) in [6, 6.07) is 9.75. The Morgan fingerprint density at radius 2 is 0.578 bits per heavy atom. The molecular weight excluding hydrogens is 1100 g/mol. The van der Waals surface area contributed by atoms with Gasteiger partial charge in [0.1, 0.15) is 0 Å². The number of rotatable bonds is 58. The van der Waals surface area contributed by atoms with Crippen molar-refractivity contribution in [2.75, 3.05) is 25.0 Å². The van der Waals surface area contributed by atoms with Crippen LogP contribution in [0.1, 0.15) is 394 Å². The Morgan fingerprint density at radius 1 is 0.311 bits per heavy atom. The Labute approximate surface area is 565 Å². The summed E-state index contributed by atoms with van der Waals surface area (Å²) in [5.41, 5.74) is 0.895. The number of nitrogens with one attached hydrogen (secondary N) is 2. The van der Waals surface area contributed by atoms with Crippen LogP contribution >= 0.6 is 0 Å². The predicted molar refractivity (Wildman–Crippen MR) is 403 cm³/mol. The van der Waals surface area contributed by atoms with Crippen molar-refractivity contribution in [3.05, 3.63) is 30.3 Å². The lowest BCUT2D eigenvalue weighted by molar-refractivity contribution is -0.131. The van der Waals surface area contributed by atoms with E-state index in [4.69, 9.17) is 0 Å². The first-order valence-corrected chi connectivity index (χ1v) is 39.9. The molecule has 0 fully saturated rings. The van der Waals surface area contributed by atoms with Crippen molar-refractivity contribution in [1.82, 2.24) is 10.2 Å². The lowest BCUT2D eigenvalue weighted by atomic mass is 9.90. The SMILES string of the molecule is CC(C)CCCC(C)CCCC(C)CCCC(C)CC(=O)Nc1ccccc1.CCCCCCCCCCCCCCNC(=O)CC(C)CCCC(C)CCCC(C)CCCC(C)C.CCN(CC)C(=O)CC(C)CCCC(C)CCCC(C)CCCC(C)C. The van der Waals surface area contributed by atoms with Gasteiger partial charge in [0, 0.05) is 44.6 Å². The first kappa shape index (κ1) is 89.7. The van der Waals surface area contributed by atoms with E-state index < -0.39 is 0 Å². The highest BCUT2D eigenvalue weighted by molar-refractivity contribution is 5.90. The van der Waals surface area contributed by atoms with Crippen molar-refractivity contribution in [3.8, 4) is 0 Å². The molecule has 1 aromatic carbocycles. The summed E-state index contributed by atoms with van der Waals surface area (Å²) in [6.45, 7) is 44.2. The molecule has 1 aromatic rings. The number of hydrogen-bond donors (Lipinski definition) is 2. The number of unbranched alkanes of at least 4 members (excludes halogenated alkanes) is 11. The fourth-order valence-corrected chi connectivity index (χ4v) is 13.3. The van der Waals surface area contributed by atoms with Crippen molar-refractivity contribution < 1.29 is 14.4 Å². The molecule has 90 heavy (non-hydrogen) atoms. The first-order valence-electron chi connectivity index (χ1n) is 39.9. The van der Waals surface area contributed by atoms with E-state index in [0.29, 0.717) is 36.5 Å². The maximum Gasteiger partial charge on any atom is 0.224 e. The van der Waals surface area contributed by atoms with E-state index in [1.165, 1.54) is 238 Å². The minimum Gasteiger partial charge on any atom is -0.356 e. The monoisotopic (exact) mass is 1260 g/mol. The van der Waals surface area contributed by atoms with Crippen molar-refractivity contribution in [2.24, 2.45) is 71.0 Å². The number of benzene rings is 1. The van der Waals surface area contributed by atoms with Gasteiger partial charge >= 0.3 is 0 Å². The van der Waals surface area contributed by atoms with E-state index in [1.54, 1.807) is 0 Å². The number of nitrogens with zero attached hydrogens (tertiary/aromatic N) is 1. The number of para-hydroxylation sites is 1. The van der Waals surface area contributed by atoms with Gasteiger partial charge in [-0.2, -0.15) is 0 Å². The van der Waals surface area contributed by atoms with Crippen LogP contribution in [0.15, 0.2) is 30.3 Å². The number of carbonyl (C=O) groups excluding carboxylic acids is 3. The second kappa shape index (κ2) is 62.7. The zero-order chi connectivity index (χ0) is 67.6. The van der Waals surface area contributed by atoms with Crippen molar-refractivity contribution in [3.63, 3.8) is 0 Å². The molecule has 2 N–H and O–H groups in total. The van der Waals surface area contributed by atoms with Crippen LogP contribution in [0.2, 0.25) is 0 Å². The smallest absolute Gasteiger partial charge is 0.224 e. The lowest BCUT2D eigenvalue weighted by Gasteiger charge is -2.21. The largest absolute Gasteiger partial charge is 0.356 e. The third-order valence-electron chi connectivity index (χ3n) is 19.9. The Kier molecular flexibility index (Phi) is 62.5. The van der Waals surface area contributed by atoms with Crippen molar-refractivity contribution >= 4 is 23.4 Å². The average Bonchev–Trinajstić information content (AvgIpc) is 3.69. The average molecular weight is 1260 g/mol. The molecule has 9 unspecified atom stereocenters. The number of carbonyl (C=O) groups is 3. The molecule has 3 amide bonds. The highest BCUT2D eigenvalue weighted by atomic mass is 16.2. The molecule has 6 heteroatoms. The van der Waals surface area contributed by atoms with Gasteiger partial charge in [-0.05, 0) is 103 Å². The van der Waals surface area contributed by atoms with E-state index in [-0.39, 0.29) is 11.8 Å². The summed E-state index contributed by atoms with van der Waals surface area (Å²) in [5, 5.41) is 6.16. The van der Waals surface area contributed by atoms with E-state index in [0.717, 1.165) is 97.8 Å². The summed E-state index contributed by atoms with van der Waals surface area (Å²) in [4.78, 5) is 38.5. The van der Waals surface area contributed by atoms with Gasteiger partial charge < -0.3 is 15.5 Å². The molecule has 0 aliphatic carbocycles. The Balaban J connectivity index is 0. The summed E-state index contributed by atoms with van der Waals surface area (Å²) >= 11 is 0. The van der Waals surface area contributed by atoms with Gasteiger partial charge in [-0.15, -0.1) is 0 Å². The normalized spacial score (nSPS) is 14.6. The molecule has 6 nitrogen and oxygen atoms in total. The van der Waals surface area contributed by atoms with Gasteiger partial charge in [0.2, 0.25) is 17.7 Å². The van der Waals surface area contributed by atoms with Crippen LogP contribution < -0.4 is 10.6 Å². The minimum absolute atomic E-state index is 0.137. The van der Waals surface area contributed by atoms with E-state index in [1.807, 2.05) is 35.2 Å². The molecule has 0 aromatic heterocycles. The lowest BCUT2D eigenvalue weighted by Crippen LogP contribution is -2.31. The molecule has 0 bridgehead atoms. The predicted octanol–water partition coefficient (Wildman–Crippen LogP) is 26.7. The molecule has 1 rings (SSSR count). The summed E-state index contributed by atoms with van der Waals surface area (Å²) in [7, 11) is 0. The van der Waals surface area contributed by atoms with Crippen LogP contribution in [0, 0.1) is 71.0 Å². The van der Waals surface area contributed by atoms with Gasteiger partial charge in [-0.25, -0.2) is 0 Å². The highest BCUT2D eigenvalue weighted by Crippen LogP contribution is 2.27. The minimum atomic E-state index is 0.137. The third-order valence-corrected chi connectivity index (χ3v) is 19.9. The molecule has 0 radical (unpaired) electrons. The molecule has 0 heterocycles. The topological polar surface area (TPSA) is 78.5 Å². The van der Waals surface area contributed by atoms with Gasteiger partial charge in [-0.3, -0.25) is 14.4 Å². The van der Waals surface area contributed by atoms with Gasteiger partial charge in [0.05, 0.1) is 0 Å². The molecule has 0 aliphatic rings. The maximum atomic E-state index is 12.3. The van der Waals surface area contributed by atoms with Crippen molar-refractivity contribution in [1.29, 1.82) is 0 Å². The van der Waals surface area contributed by atoms with Crippen molar-refractivity contribution in [2.45, 2.75) is 394 Å².